The Morgan fingerprint density at radius 2 is 1.92 bits per heavy atom. The van der Waals surface area contributed by atoms with Crippen LogP contribution in [0.4, 0.5) is 0 Å². The fraction of sp³-hybridized carbons (Fsp3) is 0.529. The summed E-state index contributed by atoms with van der Waals surface area (Å²) in [4.78, 5) is 16.6. The molecule has 3 rings (SSSR count). The van der Waals surface area contributed by atoms with Crippen LogP contribution >= 0.6 is 24.8 Å². The van der Waals surface area contributed by atoms with Crippen LogP contribution in [0.5, 0.6) is 0 Å². The second-order valence-corrected chi connectivity index (χ2v) is 6.25. The third kappa shape index (κ3) is 4.62. The number of nitrogens with one attached hydrogen (secondary N) is 1. The number of aryl methyl sites for hydroxylation is 1. The van der Waals surface area contributed by atoms with Crippen molar-refractivity contribution in [3.8, 4) is 0 Å². The van der Waals surface area contributed by atoms with Crippen molar-refractivity contribution >= 4 is 41.8 Å². The van der Waals surface area contributed by atoms with Crippen molar-refractivity contribution in [1.29, 1.82) is 0 Å². The van der Waals surface area contributed by atoms with Crippen molar-refractivity contribution in [1.82, 2.24) is 14.9 Å². The van der Waals surface area contributed by atoms with E-state index >= 15 is 0 Å². The molecule has 0 unspecified atom stereocenters. The number of para-hydroxylation sites is 2. The van der Waals surface area contributed by atoms with E-state index in [4.69, 9.17) is 5.73 Å². The molecule has 1 fully saturated rings. The normalized spacial score (nSPS) is 16.0. The molecule has 3 N–H and O–H groups in total. The largest absolute Gasteiger partial charge is 0.354 e. The highest BCUT2D eigenvalue weighted by atomic mass is 35.5. The summed E-state index contributed by atoms with van der Waals surface area (Å²) in [6, 6.07) is 8.08. The van der Waals surface area contributed by atoms with Gasteiger partial charge in [-0.3, -0.25) is 4.79 Å². The Labute approximate surface area is 155 Å². The number of fused-ring (bicyclic) bond motifs is 1. The van der Waals surface area contributed by atoms with E-state index in [0.29, 0.717) is 6.54 Å². The molecule has 1 aliphatic rings. The highest BCUT2D eigenvalue weighted by Gasteiger charge is 2.34. The maximum Gasteiger partial charge on any atom is 0.240 e. The molecule has 1 aromatic heterocycles. The smallest absolute Gasteiger partial charge is 0.240 e. The Morgan fingerprint density at radius 3 is 2.67 bits per heavy atom. The lowest BCUT2D eigenvalue weighted by molar-refractivity contribution is -0.127. The van der Waals surface area contributed by atoms with Crippen LogP contribution in [0.1, 0.15) is 38.5 Å². The fourth-order valence-corrected chi connectivity index (χ4v) is 3.23. The van der Waals surface area contributed by atoms with E-state index in [9.17, 15) is 4.79 Å². The zero-order chi connectivity index (χ0) is 15.4. The molecular formula is C17H26Cl2N4O. The Balaban J connectivity index is 0.00000144. The Morgan fingerprint density at radius 1 is 1.21 bits per heavy atom. The van der Waals surface area contributed by atoms with Crippen LogP contribution in [-0.4, -0.2) is 27.5 Å². The molecule has 0 aliphatic heterocycles. The monoisotopic (exact) mass is 372 g/mol. The lowest BCUT2D eigenvalue weighted by Crippen LogP contribution is -2.55. The van der Waals surface area contributed by atoms with Gasteiger partial charge in [0.15, 0.2) is 0 Å². The molecule has 0 saturated heterocycles. The highest BCUT2D eigenvalue weighted by Crippen LogP contribution is 2.25. The first-order valence-electron chi connectivity index (χ1n) is 8.16. The van der Waals surface area contributed by atoms with Gasteiger partial charge >= 0.3 is 0 Å². The molecule has 2 aromatic rings. The van der Waals surface area contributed by atoms with Crippen molar-refractivity contribution in [3.05, 3.63) is 30.6 Å². The number of carbonyl (C=O) groups is 1. The number of hydrogen-bond donors (Lipinski definition) is 2. The van der Waals surface area contributed by atoms with Crippen molar-refractivity contribution in [2.75, 3.05) is 6.54 Å². The zero-order valence-electron chi connectivity index (χ0n) is 13.7. The number of halogens is 2. The summed E-state index contributed by atoms with van der Waals surface area (Å²) in [5.74, 6) is 0.0164. The minimum absolute atomic E-state index is 0. The van der Waals surface area contributed by atoms with Gasteiger partial charge in [0, 0.05) is 13.1 Å². The topological polar surface area (TPSA) is 72.9 Å². The molecule has 0 atom stereocenters. The van der Waals surface area contributed by atoms with Crippen molar-refractivity contribution < 1.29 is 4.79 Å². The molecule has 0 spiro atoms. The summed E-state index contributed by atoms with van der Waals surface area (Å²) in [7, 11) is 0. The van der Waals surface area contributed by atoms with Crippen molar-refractivity contribution in [2.45, 2.75) is 50.6 Å². The predicted molar refractivity (Wildman–Crippen MR) is 102 cm³/mol. The molecule has 1 heterocycles. The van der Waals surface area contributed by atoms with Crippen LogP contribution < -0.4 is 11.1 Å². The van der Waals surface area contributed by atoms with E-state index in [1.807, 2.05) is 24.5 Å². The van der Waals surface area contributed by atoms with E-state index in [1.165, 1.54) is 6.42 Å². The van der Waals surface area contributed by atoms with Crippen LogP contribution in [0, 0.1) is 0 Å². The quantitative estimate of drug-likeness (QED) is 0.792. The number of amides is 1. The second-order valence-electron chi connectivity index (χ2n) is 6.25. The zero-order valence-corrected chi connectivity index (χ0v) is 15.4. The molecule has 1 aliphatic carbocycles. The third-order valence-corrected chi connectivity index (χ3v) is 4.59. The maximum atomic E-state index is 12.2. The van der Waals surface area contributed by atoms with E-state index in [1.54, 1.807) is 0 Å². The molecule has 1 saturated carbocycles. The van der Waals surface area contributed by atoms with Gasteiger partial charge in [0.05, 0.1) is 22.9 Å². The average molecular weight is 373 g/mol. The second kappa shape index (κ2) is 9.25. The lowest BCUT2D eigenvalue weighted by atomic mass is 9.82. The van der Waals surface area contributed by atoms with Crippen LogP contribution in [0.3, 0.4) is 0 Å². The van der Waals surface area contributed by atoms with E-state index in [0.717, 1.165) is 49.7 Å². The summed E-state index contributed by atoms with van der Waals surface area (Å²) in [5.41, 5.74) is 7.73. The number of aromatic nitrogens is 2. The average Bonchev–Trinajstić information content (AvgIpc) is 2.95. The van der Waals surface area contributed by atoms with Crippen LogP contribution in [-0.2, 0) is 11.3 Å². The number of nitrogens with zero attached hydrogens (tertiary/aromatic N) is 2. The number of nitrogens with two attached hydrogens (primary N) is 1. The van der Waals surface area contributed by atoms with E-state index in [-0.39, 0.29) is 30.7 Å². The van der Waals surface area contributed by atoms with Crippen LogP contribution in [0.15, 0.2) is 30.6 Å². The van der Waals surface area contributed by atoms with Gasteiger partial charge in [0.25, 0.3) is 0 Å². The van der Waals surface area contributed by atoms with Crippen LogP contribution in [0.2, 0.25) is 0 Å². The van der Waals surface area contributed by atoms with Crippen molar-refractivity contribution in [3.63, 3.8) is 0 Å². The first kappa shape index (κ1) is 20.7. The molecule has 0 radical (unpaired) electrons. The molecule has 5 nitrogen and oxygen atoms in total. The van der Waals surface area contributed by atoms with Gasteiger partial charge < -0.3 is 15.6 Å². The maximum absolute atomic E-state index is 12.2. The minimum atomic E-state index is -0.639. The number of carbonyl (C=O) groups excluding carboxylic acids is 1. The van der Waals surface area contributed by atoms with Crippen LogP contribution in [0.25, 0.3) is 11.0 Å². The predicted octanol–water partition coefficient (Wildman–Crippen LogP) is 3.05. The summed E-state index contributed by atoms with van der Waals surface area (Å²) < 4.78 is 2.13. The Bertz CT molecular complexity index is 653. The molecule has 24 heavy (non-hydrogen) atoms. The fourth-order valence-electron chi connectivity index (χ4n) is 3.23. The number of rotatable bonds is 5. The molecule has 1 aromatic carbocycles. The van der Waals surface area contributed by atoms with Gasteiger partial charge in [-0.1, -0.05) is 31.4 Å². The standard InChI is InChI=1S/C17H24N4O.2ClH/c18-17(9-4-1-5-10-17)16(22)19-11-6-12-21-13-20-14-7-2-3-8-15(14)21;;/h2-3,7-8,13H,1,4-6,9-12,18H2,(H,19,22);2*1H. The third-order valence-electron chi connectivity index (χ3n) is 4.59. The summed E-state index contributed by atoms with van der Waals surface area (Å²) in [6.07, 6.45) is 7.67. The lowest BCUT2D eigenvalue weighted by Gasteiger charge is -2.31. The molecular weight excluding hydrogens is 347 g/mol. The van der Waals surface area contributed by atoms with Gasteiger partial charge in [0.2, 0.25) is 5.91 Å². The summed E-state index contributed by atoms with van der Waals surface area (Å²) >= 11 is 0. The molecule has 7 heteroatoms. The SMILES string of the molecule is Cl.Cl.NC1(C(=O)NCCCn2cnc3ccccc32)CCCCC1. The Hall–Kier alpha value is -1.30. The molecule has 1 amide bonds. The van der Waals surface area contributed by atoms with Crippen molar-refractivity contribution in [2.24, 2.45) is 5.73 Å². The van der Waals surface area contributed by atoms with Gasteiger partial charge in [0.1, 0.15) is 0 Å². The number of hydrogen-bond acceptors (Lipinski definition) is 3. The number of imidazole rings is 1. The summed E-state index contributed by atoms with van der Waals surface area (Å²) in [5, 5.41) is 3.01. The molecule has 0 bridgehead atoms. The van der Waals surface area contributed by atoms with Gasteiger partial charge in [-0.25, -0.2) is 4.98 Å². The first-order chi connectivity index (χ1) is 10.7. The van der Waals surface area contributed by atoms with E-state index < -0.39 is 5.54 Å². The van der Waals surface area contributed by atoms with E-state index in [2.05, 4.69) is 20.9 Å². The highest BCUT2D eigenvalue weighted by molar-refractivity contribution is 5.86. The molecule has 134 valence electrons. The first-order valence-corrected chi connectivity index (χ1v) is 8.16. The van der Waals surface area contributed by atoms with Gasteiger partial charge in [-0.2, -0.15) is 0 Å². The van der Waals surface area contributed by atoms with Gasteiger partial charge in [-0.15, -0.1) is 24.8 Å². The summed E-state index contributed by atoms with van der Waals surface area (Å²) in [6.45, 7) is 1.50. The Kier molecular flexibility index (Phi) is 8.00. The minimum Gasteiger partial charge on any atom is -0.354 e. The van der Waals surface area contributed by atoms with Gasteiger partial charge in [-0.05, 0) is 31.4 Å². The number of benzene rings is 1.